The van der Waals surface area contributed by atoms with Crippen LogP contribution in [0.5, 0.6) is 0 Å². The average Bonchev–Trinajstić information content (AvgIpc) is 3.10. The van der Waals surface area contributed by atoms with E-state index in [1.807, 2.05) is 53.9 Å². The highest BCUT2D eigenvalue weighted by molar-refractivity contribution is 6.07. The minimum Gasteiger partial charge on any atom is -0.595 e. The average molecular weight is 447 g/mol. The zero-order chi connectivity index (χ0) is 23.7. The van der Waals surface area contributed by atoms with Gasteiger partial charge in [-0.1, -0.05) is 18.2 Å². The lowest BCUT2D eigenvalue weighted by Gasteiger charge is -2.18. The number of benzene rings is 2. The van der Waals surface area contributed by atoms with Crippen molar-refractivity contribution in [3.8, 4) is 11.8 Å². The molecule has 0 saturated carbocycles. The molecule has 2 unspecified atom stereocenters. The Labute approximate surface area is 190 Å². The smallest absolute Gasteiger partial charge is 0.273 e. The number of hydrogen-bond acceptors (Lipinski definition) is 6. The summed E-state index contributed by atoms with van der Waals surface area (Å²) < 4.78 is 3.44. The van der Waals surface area contributed by atoms with Gasteiger partial charge in [-0.3, -0.25) is 9.36 Å². The Morgan fingerprint density at radius 1 is 1.18 bits per heavy atom. The first-order valence-electron chi connectivity index (χ1n) is 10.4. The highest BCUT2D eigenvalue weighted by Crippen LogP contribution is 2.30. The van der Waals surface area contributed by atoms with Crippen LogP contribution in [0.4, 0.5) is 5.69 Å². The molecule has 0 aliphatic rings. The highest BCUT2D eigenvalue weighted by Gasteiger charge is 2.20. The summed E-state index contributed by atoms with van der Waals surface area (Å²) in [4.78, 5) is 20.0. The molecule has 2 atom stereocenters. The van der Waals surface area contributed by atoms with Gasteiger partial charge < -0.3 is 19.8 Å². The standard InChI is InChI=1S/C24H25N5O4/c1-26(2)14-19(30)15-27-21-7-5-4-6-20(21)23-22(27)12-16(13-25)24(31)28(23)17-8-10-18(11-9-17)29(32)33-3/h4-12,19,29-30H,14-15H2,1-3H3. The molecule has 0 aliphatic carbocycles. The van der Waals surface area contributed by atoms with Gasteiger partial charge >= 0.3 is 0 Å². The van der Waals surface area contributed by atoms with Gasteiger partial charge in [0.15, 0.2) is 5.69 Å². The number of rotatable bonds is 7. The van der Waals surface area contributed by atoms with Crippen LogP contribution in [0, 0.1) is 16.5 Å². The second kappa shape index (κ2) is 9.15. The Hall–Kier alpha value is -3.52. The van der Waals surface area contributed by atoms with E-state index in [0.29, 0.717) is 35.5 Å². The summed E-state index contributed by atoms with van der Waals surface area (Å²) in [5.41, 5.74) is 2.57. The normalized spacial score (nSPS) is 13.5. The minimum absolute atomic E-state index is 0.00861. The Kier molecular flexibility index (Phi) is 6.29. The number of likely N-dealkylation sites (N-methyl/N-ethyl adjacent to an activating group) is 1. The van der Waals surface area contributed by atoms with Gasteiger partial charge in [-0.25, -0.2) is 4.84 Å². The van der Waals surface area contributed by atoms with Crippen LogP contribution < -0.4 is 10.8 Å². The Balaban J connectivity index is 2.02. The molecule has 0 aliphatic heterocycles. The molecule has 0 radical (unpaired) electrons. The van der Waals surface area contributed by atoms with Crippen LogP contribution in [0.3, 0.4) is 0 Å². The Morgan fingerprint density at radius 2 is 1.88 bits per heavy atom. The second-order valence-electron chi connectivity index (χ2n) is 8.13. The van der Waals surface area contributed by atoms with Crippen molar-refractivity contribution < 1.29 is 15.2 Å². The number of fused-ring (bicyclic) bond motifs is 3. The van der Waals surface area contributed by atoms with E-state index in [-0.39, 0.29) is 5.56 Å². The molecule has 2 heterocycles. The number of aliphatic hydroxyl groups is 1. The molecule has 9 heteroatoms. The van der Waals surface area contributed by atoms with Crippen LogP contribution in [0.1, 0.15) is 5.56 Å². The molecule has 2 N–H and O–H groups in total. The molecule has 0 amide bonds. The maximum absolute atomic E-state index is 13.3. The molecule has 4 rings (SSSR count). The van der Waals surface area contributed by atoms with Gasteiger partial charge in [0.05, 0.1) is 36.3 Å². The molecule has 170 valence electrons. The van der Waals surface area contributed by atoms with Crippen LogP contribution in [0.2, 0.25) is 0 Å². The predicted octanol–water partition coefficient (Wildman–Crippen LogP) is 1.32. The summed E-state index contributed by atoms with van der Waals surface area (Å²) in [5.74, 6) is 0. The van der Waals surface area contributed by atoms with E-state index in [4.69, 9.17) is 4.84 Å². The molecule has 4 aromatic rings. The molecule has 9 nitrogen and oxygen atoms in total. The number of nitrogens with one attached hydrogen (secondary N) is 1. The fraction of sp³-hybridized carbons (Fsp3) is 0.250. The molecular weight excluding hydrogens is 422 g/mol. The molecule has 0 saturated heterocycles. The van der Waals surface area contributed by atoms with Gasteiger partial charge in [0, 0.05) is 29.8 Å². The zero-order valence-electron chi connectivity index (χ0n) is 18.6. The second-order valence-corrected chi connectivity index (χ2v) is 8.13. The summed E-state index contributed by atoms with van der Waals surface area (Å²) in [5, 5.41) is 32.5. The number of aliphatic hydroxyl groups excluding tert-OH is 1. The predicted molar refractivity (Wildman–Crippen MR) is 125 cm³/mol. The Bertz CT molecular complexity index is 1400. The lowest BCUT2D eigenvalue weighted by atomic mass is 10.2. The van der Waals surface area contributed by atoms with E-state index in [1.165, 1.54) is 11.7 Å². The van der Waals surface area contributed by atoms with Crippen molar-refractivity contribution >= 4 is 27.6 Å². The summed E-state index contributed by atoms with van der Waals surface area (Å²) in [6, 6.07) is 17.7. The quantitative estimate of drug-likeness (QED) is 0.414. The lowest BCUT2D eigenvalue weighted by Crippen LogP contribution is -3.00. The number of pyridine rings is 1. The summed E-state index contributed by atoms with van der Waals surface area (Å²) >= 11 is 0. The maximum Gasteiger partial charge on any atom is 0.273 e. The first-order valence-corrected chi connectivity index (χ1v) is 10.4. The van der Waals surface area contributed by atoms with E-state index in [2.05, 4.69) is 0 Å². The van der Waals surface area contributed by atoms with Crippen LogP contribution >= 0.6 is 0 Å². The molecule has 33 heavy (non-hydrogen) atoms. The highest BCUT2D eigenvalue weighted by atomic mass is 16.9. The van der Waals surface area contributed by atoms with E-state index in [9.17, 15) is 20.4 Å². The third kappa shape index (κ3) is 4.14. The number of nitrogens with zero attached hydrogens (tertiary/aromatic N) is 4. The van der Waals surface area contributed by atoms with Crippen LogP contribution in [0.25, 0.3) is 27.6 Å². The van der Waals surface area contributed by atoms with Crippen LogP contribution in [-0.2, 0) is 11.4 Å². The number of para-hydroxylation sites is 1. The van der Waals surface area contributed by atoms with Gasteiger partial charge in [-0.2, -0.15) is 10.5 Å². The fourth-order valence-corrected chi connectivity index (χ4v) is 4.18. The van der Waals surface area contributed by atoms with Gasteiger partial charge in [0.25, 0.3) is 5.56 Å². The summed E-state index contributed by atoms with van der Waals surface area (Å²) in [6.45, 7) is 0.764. The molecule has 0 fully saturated rings. The van der Waals surface area contributed by atoms with Crippen molar-refractivity contribution in [3.63, 3.8) is 0 Å². The van der Waals surface area contributed by atoms with E-state index >= 15 is 0 Å². The van der Waals surface area contributed by atoms with E-state index in [1.54, 1.807) is 30.3 Å². The van der Waals surface area contributed by atoms with E-state index in [0.717, 1.165) is 10.9 Å². The lowest BCUT2D eigenvalue weighted by molar-refractivity contribution is -0.992. The first-order chi connectivity index (χ1) is 15.8. The van der Waals surface area contributed by atoms with Crippen molar-refractivity contribution in [1.29, 1.82) is 5.26 Å². The monoisotopic (exact) mass is 447 g/mol. The Morgan fingerprint density at radius 3 is 2.52 bits per heavy atom. The number of hydrogen-bond donors (Lipinski definition) is 2. The molecule has 0 bridgehead atoms. The van der Waals surface area contributed by atoms with Crippen molar-refractivity contribution in [2.75, 3.05) is 27.7 Å². The van der Waals surface area contributed by atoms with Gasteiger partial charge in [0.2, 0.25) is 0 Å². The number of aromatic nitrogens is 2. The first kappa shape index (κ1) is 22.7. The molecule has 2 aromatic heterocycles. The molecule has 2 aromatic carbocycles. The van der Waals surface area contributed by atoms with Gasteiger partial charge in [-0.15, -0.1) is 0 Å². The van der Waals surface area contributed by atoms with Crippen molar-refractivity contribution in [1.82, 2.24) is 14.0 Å². The SMILES string of the molecule is CO[NH+]([O-])c1ccc(-n2c(=O)c(C#N)cc3c2c2ccccc2n3CC(O)CN(C)C)cc1. The van der Waals surface area contributed by atoms with Crippen molar-refractivity contribution in [2.45, 2.75) is 12.6 Å². The van der Waals surface area contributed by atoms with Crippen molar-refractivity contribution in [2.24, 2.45) is 0 Å². The third-order valence-corrected chi connectivity index (χ3v) is 5.56. The summed E-state index contributed by atoms with van der Waals surface area (Å²) in [7, 11) is 5.08. The largest absolute Gasteiger partial charge is 0.595 e. The maximum atomic E-state index is 13.3. The number of nitriles is 1. The zero-order valence-corrected chi connectivity index (χ0v) is 18.6. The third-order valence-electron chi connectivity index (χ3n) is 5.56. The minimum atomic E-state index is -0.649. The van der Waals surface area contributed by atoms with E-state index < -0.39 is 16.9 Å². The molecule has 0 spiro atoms. The van der Waals surface area contributed by atoms with Gasteiger partial charge in [-0.05, 0) is 38.4 Å². The topological polar surface area (TPSA) is 111 Å². The van der Waals surface area contributed by atoms with Crippen LogP contribution in [-0.4, -0.2) is 53.0 Å². The van der Waals surface area contributed by atoms with Gasteiger partial charge in [0.1, 0.15) is 11.6 Å². The van der Waals surface area contributed by atoms with Crippen LogP contribution in [0.15, 0.2) is 59.4 Å². The molecular formula is C24H25N5O4. The van der Waals surface area contributed by atoms with Crippen molar-refractivity contribution in [3.05, 3.63) is 75.7 Å². The fourth-order valence-electron chi connectivity index (χ4n) is 4.18. The summed E-state index contributed by atoms with van der Waals surface area (Å²) in [6.07, 6.45) is -0.649. The number of quaternary nitrogens is 1.